The number of nitrogens with zero attached hydrogens (tertiary/aromatic N) is 3. The van der Waals surface area contributed by atoms with Crippen molar-refractivity contribution in [3.63, 3.8) is 0 Å². The minimum Gasteiger partial charge on any atom is -0.480 e. The SMILES string of the molecule is CC(C(=O)O)N(Cc1ccccc1)S(=O)(=O)N1CCN(c2ccc(Cl)cc2)CC1. The van der Waals surface area contributed by atoms with Gasteiger partial charge in [0.1, 0.15) is 6.04 Å². The van der Waals surface area contributed by atoms with Crippen molar-refractivity contribution < 1.29 is 18.3 Å². The van der Waals surface area contributed by atoms with Gasteiger partial charge in [-0.3, -0.25) is 4.79 Å². The van der Waals surface area contributed by atoms with E-state index in [0.29, 0.717) is 18.1 Å². The molecular weight excluding hydrogens is 414 g/mol. The average molecular weight is 438 g/mol. The largest absolute Gasteiger partial charge is 0.480 e. The van der Waals surface area contributed by atoms with Crippen LogP contribution in [0.1, 0.15) is 12.5 Å². The number of halogens is 1. The van der Waals surface area contributed by atoms with Crippen LogP contribution in [0, 0.1) is 0 Å². The lowest BCUT2D eigenvalue weighted by molar-refractivity contribution is -0.141. The highest BCUT2D eigenvalue weighted by Crippen LogP contribution is 2.23. The van der Waals surface area contributed by atoms with Gasteiger partial charge in [-0.2, -0.15) is 17.0 Å². The molecule has 9 heteroatoms. The fraction of sp³-hybridized carbons (Fsp3) is 0.350. The van der Waals surface area contributed by atoms with Crippen LogP contribution in [0.15, 0.2) is 54.6 Å². The summed E-state index contributed by atoms with van der Waals surface area (Å²) in [5, 5.41) is 10.1. The van der Waals surface area contributed by atoms with Crippen molar-refractivity contribution >= 4 is 33.5 Å². The Morgan fingerprint density at radius 1 is 1.07 bits per heavy atom. The molecule has 0 spiro atoms. The number of piperazine rings is 1. The second kappa shape index (κ2) is 9.13. The maximum atomic E-state index is 13.3. The fourth-order valence-corrected chi connectivity index (χ4v) is 5.13. The van der Waals surface area contributed by atoms with Crippen LogP contribution in [-0.2, 0) is 21.5 Å². The number of rotatable bonds is 7. The van der Waals surface area contributed by atoms with Crippen LogP contribution in [-0.4, -0.2) is 60.3 Å². The molecule has 3 rings (SSSR count). The Hall–Kier alpha value is -2.13. The number of carbonyl (C=O) groups is 1. The topological polar surface area (TPSA) is 81.2 Å². The molecule has 0 aliphatic carbocycles. The predicted molar refractivity (Wildman–Crippen MR) is 113 cm³/mol. The maximum Gasteiger partial charge on any atom is 0.321 e. The first kappa shape index (κ1) is 21.6. The molecule has 1 saturated heterocycles. The number of aliphatic carboxylic acids is 1. The second-order valence-electron chi connectivity index (χ2n) is 6.92. The van der Waals surface area contributed by atoms with Gasteiger partial charge in [0.15, 0.2) is 0 Å². The van der Waals surface area contributed by atoms with Gasteiger partial charge in [0.05, 0.1) is 0 Å². The third-order valence-electron chi connectivity index (χ3n) is 5.02. The number of hydrogen-bond donors (Lipinski definition) is 1. The maximum absolute atomic E-state index is 13.3. The van der Waals surface area contributed by atoms with Crippen LogP contribution in [0.2, 0.25) is 5.02 Å². The predicted octanol–water partition coefficient (Wildman–Crippen LogP) is 2.68. The van der Waals surface area contributed by atoms with Gasteiger partial charge in [0.2, 0.25) is 0 Å². The highest BCUT2D eigenvalue weighted by molar-refractivity contribution is 7.86. The van der Waals surface area contributed by atoms with Crippen molar-refractivity contribution in [3.8, 4) is 0 Å². The molecule has 0 radical (unpaired) electrons. The van der Waals surface area contributed by atoms with Crippen molar-refractivity contribution in [1.82, 2.24) is 8.61 Å². The molecule has 0 bridgehead atoms. The standard InChI is InChI=1S/C20H24ClN3O4S/c1-16(20(25)26)24(15-17-5-3-2-4-6-17)29(27,28)23-13-11-22(12-14-23)19-9-7-18(21)8-10-19/h2-10,16H,11-15H2,1H3,(H,25,26). The molecule has 1 aliphatic heterocycles. The van der Waals surface area contributed by atoms with Crippen LogP contribution in [0.5, 0.6) is 0 Å². The van der Waals surface area contributed by atoms with Gasteiger partial charge in [-0.05, 0) is 36.8 Å². The van der Waals surface area contributed by atoms with Gasteiger partial charge in [-0.25, -0.2) is 0 Å². The van der Waals surface area contributed by atoms with Gasteiger partial charge in [-0.1, -0.05) is 41.9 Å². The number of hydrogen-bond acceptors (Lipinski definition) is 4. The summed E-state index contributed by atoms with van der Waals surface area (Å²) in [5.74, 6) is -1.18. The zero-order chi connectivity index (χ0) is 21.0. The van der Waals surface area contributed by atoms with Crippen molar-refractivity contribution in [2.75, 3.05) is 31.1 Å². The second-order valence-corrected chi connectivity index (χ2v) is 9.23. The van der Waals surface area contributed by atoms with Gasteiger partial charge in [0.25, 0.3) is 10.2 Å². The first-order chi connectivity index (χ1) is 13.8. The summed E-state index contributed by atoms with van der Waals surface area (Å²) in [5.41, 5.74) is 1.72. The zero-order valence-corrected chi connectivity index (χ0v) is 17.7. The molecule has 0 aromatic heterocycles. The smallest absolute Gasteiger partial charge is 0.321 e. The van der Waals surface area contributed by atoms with Gasteiger partial charge in [0, 0.05) is 43.4 Å². The fourth-order valence-electron chi connectivity index (χ4n) is 3.28. The molecule has 7 nitrogen and oxygen atoms in total. The highest BCUT2D eigenvalue weighted by Gasteiger charge is 2.37. The Morgan fingerprint density at radius 2 is 1.66 bits per heavy atom. The lowest BCUT2D eigenvalue weighted by atomic mass is 10.2. The van der Waals surface area contributed by atoms with Crippen LogP contribution in [0.3, 0.4) is 0 Å². The lowest BCUT2D eigenvalue weighted by Gasteiger charge is -2.38. The first-order valence-electron chi connectivity index (χ1n) is 9.33. The van der Waals surface area contributed by atoms with Gasteiger partial charge in [-0.15, -0.1) is 0 Å². The van der Waals surface area contributed by atoms with Crippen LogP contribution in [0.4, 0.5) is 5.69 Å². The molecule has 0 saturated carbocycles. The molecular formula is C20H24ClN3O4S. The molecule has 1 heterocycles. The number of benzene rings is 2. The van der Waals surface area contributed by atoms with Crippen molar-refractivity contribution in [2.24, 2.45) is 0 Å². The van der Waals surface area contributed by atoms with E-state index in [1.54, 1.807) is 36.4 Å². The number of carboxylic acids is 1. The van der Waals surface area contributed by atoms with Crippen LogP contribution < -0.4 is 4.90 Å². The summed E-state index contributed by atoms with van der Waals surface area (Å²) in [4.78, 5) is 13.7. The van der Waals surface area contributed by atoms with E-state index in [9.17, 15) is 18.3 Å². The van der Waals surface area contributed by atoms with E-state index >= 15 is 0 Å². The third-order valence-corrected chi connectivity index (χ3v) is 7.33. The van der Waals surface area contributed by atoms with E-state index < -0.39 is 22.2 Å². The molecule has 1 N–H and O–H groups in total. The zero-order valence-electron chi connectivity index (χ0n) is 16.1. The quantitative estimate of drug-likeness (QED) is 0.720. The summed E-state index contributed by atoms with van der Waals surface area (Å²) < 4.78 is 29.0. The van der Waals surface area contributed by atoms with Crippen LogP contribution >= 0.6 is 11.6 Å². The van der Waals surface area contributed by atoms with E-state index in [1.165, 1.54) is 11.2 Å². The molecule has 1 fully saturated rings. The van der Waals surface area contributed by atoms with E-state index in [0.717, 1.165) is 15.6 Å². The van der Waals surface area contributed by atoms with Crippen molar-refractivity contribution in [1.29, 1.82) is 0 Å². The summed E-state index contributed by atoms with van der Waals surface area (Å²) in [6, 6.07) is 15.2. The third kappa shape index (κ3) is 5.08. The monoisotopic (exact) mass is 437 g/mol. The first-order valence-corrected chi connectivity index (χ1v) is 11.1. The molecule has 0 amide bonds. The Bertz CT molecular complexity index is 930. The number of anilines is 1. The summed E-state index contributed by atoms with van der Waals surface area (Å²) in [7, 11) is -3.94. The Balaban J connectivity index is 1.76. The van der Waals surface area contributed by atoms with E-state index in [1.807, 2.05) is 18.2 Å². The Labute approximate surface area is 176 Å². The molecule has 1 unspecified atom stereocenters. The average Bonchev–Trinajstić information content (AvgIpc) is 2.73. The van der Waals surface area contributed by atoms with Crippen molar-refractivity contribution in [3.05, 3.63) is 65.2 Å². The normalized spacial score (nSPS) is 16.7. The molecule has 29 heavy (non-hydrogen) atoms. The summed E-state index contributed by atoms with van der Waals surface area (Å²) in [6.45, 7) is 3.00. The van der Waals surface area contributed by atoms with Gasteiger partial charge >= 0.3 is 5.97 Å². The number of carboxylic acid groups (broad SMARTS) is 1. The van der Waals surface area contributed by atoms with Crippen molar-refractivity contribution in [2.45, 2.75) is 19.5 Å². The van der Waals surface area contributed by atoms with Gasteiger partial charge < -0.3 is 10.0 Å². The summed E-state index contributed by atoms with van der Waals surface area (Å²) in [6.07, 6.45) is 0. The molecule has 2 aromatic carbocycles. The molecule has 1 atom stereocenters. The van der Waals surface area contributed by atoms with E-state index in [2.05, 4.69) is 4.90 Å². The van der Waals surface area contributed by atoms with E-state index in [-0.39, 0.29) is 19.6 Å². The summed E-state index contributed by atoms with van der Waals surface area (Å²) >= 11 is 5.93. The Kier molecular flexibility index (Phi) is 6.79. The van der Waals surface area contributed by atoms with E-state index in [4.69, 9.17) is 11.6 Å². The van der Waals surface area contributed by atoms with Crippen LogP contribution in [0.25, 0.3) is 0 Å². The Morgan fingerprint density at radius 3 is 2.21 bits per heavy atom. The minimum atomic E-state index is -3.94. The molecule has 2 aromatic rings. The molecule has 1 aliphatic rings. The lowest BCUT2D eigenvalue weighted by Crippen LogP contribution is -2.55. The minimum absolute atomic E-state index is 0.00797. The highest BCUT2D eigenvalue weighted by atomic mass is 35.5. The molecule has 156 valence electrons.